The molecule has 0 aliphatic carbocycles. The van der Waals surface area contributed by atoms with Gasteiger partial charge in [0.2, 0.25) is 5.91 Å². The summed E-state index contributed by atoms with van der Waals surface area (Å²) in [6.07, 6.45) is 3.39. The Hall–Kier alpha value is -2.08. The van der Waals surface area contributed by atoms with Crippen LogP contribution < -0.4 is 5.32 Å². The van der Waals surface area contributed by atoms with Gasteiger partial charge in [0.25, 0.3) is 0 Å². The summed E-state index contributed by atoms with van der Waals surface area (Å²) in [5.41, 5.74) is 1.96. The van der Waals surface area contributed by atoms with Crippen LogP contribution in [0, 0.1) is 6.92 Å². The lowest BCUT2D eigenvalue weighted by molar-refractivity contribution is -0.113. The van der Waals surface area contributed by atoms with Crippen molar-refractivity contribution in [3.05, 3.63) is 48.8 Å². The van der Waals surface area contributed by atoms with E-state index in [9.17, 15) is 4.79 Å². The van der Waals surface area contributed by atoms with Gasteiger partial charge in [-0.15, -0.1) is 16.8 Å². The Morgan fingerprint density at radius 2 is 2.20 bits per heavy atom. The van der Waals surface area contributed by atoms with Crippen molar-refractivity contribution in [2.24, 2.45) is 0 Å². The average Bonchev–Trinajstić information content (AvgIpc) is 2.87. The molecule has 1 amide bonds. The third-order valence-electron chi connectivity index (χ3n) is 2.57. The number of allylic oxidation sites excluding steroid dienone is 1. The molecule has 1 aromatic carbocycles. The van der Waals surface area contributed by atoms with Crippen molar-refractivity contribution in [2.45, 2.75) is 18.6 Å². The van der Waals surface area contributed by atoms with Crippen LogP contribution in [0.1, 0.15) is 5.56 Å². The van der Waals surface area contributed by atoms with E-state index in [0.29, 0.717) is 17.5 Å². The van der Waals surface area contributed by atoms with Crippen molar-refractivity contribution in [3.8, 4) is 0 Å². The first-order valence-corrected chi connectivity index (χ1v) is 7.15. The molecule has 0 aliphatic heterocycles. The second kappa shape index (κ2) is 6.91. The first-order valence-electron chi connectivity index (χ1n) is 6.17. The predicted octanol–water partition coefficient (Wildman–Crippen LogP) is 2.50. The van der Waals surface area contributed by atoms with Crippen molar-refractivity contribution in [1.29, 1.82) is 0 Å². The number of carbonyl (C=O) groups excluding carboxylic acids is 1. The summed E-state index contributed by atoms with van der Waals surface area (Å²) >= 11 is 1.35. The van der Waals surface area contributed by atoms with Gasteiger partial charge in [0.15, 0.2) is 5.16 Å². The molecule has 1 heterocycles. The maximum Gasteiger partial charge on any atom is 0.234 e. The molecule has 2 rings (SSSR count). The quantitative estimate of drug-likeness (QED) is 0.655. The molecule has 5 nitrogen and oxygen atoms in total. The number of nitrogens with one attached hydrogen (secondary N) is 1. The normalized spacial score (nSPS) is 10.2. The highest BCUT2D eigenvalue weighted by Gasteiger charge is 2.08. The molecule has 0 spiro atoms. The zero-order valence-electron chi connectivity index (χ0n) is 11.2. The van der Waals surface area contributed by atoms with Crippen molar-refractivity contribution in [2.75, 3.05) is 11.1 Å². The molecule has 0 bridgehead atoms. The minimum Gasteiger partial charge on any atom is -0.325 e. The van der Waals surface area contributed by atoms with Crippen molar-refractivity contribution < 1.29 is 4.79 Å². The highest BCUT2D eigenvalue weighted by Crippen LogP contribution is 2.15. The standard InChI is InChI=1S/C14H16N4OS/c1-3-8-18-10-15-17-14(18)20-9-13(19)16-12-6-4-11(2)5-7-12/h3-7,10H,1,8-9H2,2H3,(H,16,19). The van der Waals surface area contributed by atoms with Gasteiger partial charge in [0.05, 0.1) is 5.75 Å². The molecule has 0 fully saturated rings. The Labute approximate surface area is 122 Å². The van der Waals surface area contributed by atoms with Crippen LogP contribution in [0.4, 0.5) is 5.69 Å². The SMILES string of the molecule is C=CCn1cnnc1SCC(=O)Nc1ccc(C)cc1. The van der Waals surface area contributed by atoms with E-state index < -0.39 is 0 Å². The number of aryl methyl sites for hydroxylation is 1. The Kier molecular flexibility index (Phi) is 4.95. The molecule has 104 valence electrons. The molecule has 2 aromatic rings. The highest BCUT2D eigenvalue weighted by atomic mass is 32.2. The lowest BCUT2D eigenvalue weighted by Gasteiger charge is -2.05. The van der Waals surface area contributed by atoms with E-state index in [0.717, 1.165) is 11.3 Å². The van der Waals surface area contributed by atoms with Crippen LogP contribution in [0.5, 0.6) is 0 Å². The van der Waals surface area contributed by atoms with E-state index in [1.54, 1.807) is 12.4 Å². The Morgan fingerprint density at radius 3 is 2.90 bits per heavy atom. The predicted molar refractivity (Wildman–Crippen MR) is 80.8 cm³/mol. The van der Waals surface area contributed by atoms with Gasteiger partial charge in [-0.05, 0) is 19.1 Å². The van der Waals surface area contributed by atoms with Gasteiger partial charge >= 0.3 is 0 Å². The number of nitrogens with zero attached hydrogens (tertiary/aromatic N) is 3. The molecule has 0 saturated carbocycles. The van der Waals surface area contributed by atoms with Crippen LogP contribution in [0.2, 0.25) is 0 Å². The number of thioether (sulfide) groups is 1. The van der Waals surface area contributed by atoms with Crippen LogP contribution >= 0.6 is 11.8 Å². The number of carbonyl (C=O) groups is 1. The molecule has 20 heavy (non-hydrogen) atoms. The molecular weight excluding hydrogens is 272 g/mol. The average molecular weight is 288 g/mol. The largest absolute Gasteiger partial charge is 0.325 e. The first-order chi connectivity index (χ1) is 9.69. The van der Waals surface area contributed by atoms with Crippen molar-refractivity contribution >= 4 is 23.4 Å². The van der Waals surface area contributed by atoms with E-state index in [2.05, 4.69) is 22.1 Å². The fraction of sp³-hybridized carbons (Fsp3) is 0.214. The number of hydrogen-bond donors (Lipinski definition) is 1. The van der Waals surface area contributed by atoms with Gasteiger partial charge in [-0.1, -0.05) is 35.5 Å². The summed E-state index contributed by atoms with van der Waals surface area (Å²) in [6, 6.07) is 7.70. The molecule has 0 aliphatic rings. The lowest BCUT2D eigenvalue weighted by Crippen LogP contribution is -2.14. The Morgan fingerprint density at radius 1 is 1.45 bits per heavy atom. The maximum absolute atomic E-state index is 11.9. The Balaban J connectivity index is 1.87. The van der Waals surface area contributed by atoms with Crippen LogP contribution in [0.3, 0.4) is 0 Å². The number of amides is 1. The summed E-state index contributed by atoms with van der Waals surface area (Å²) in [7, 11) is 0. The highest BCUT2D eigenvalue weighted by molar-refractivity contribution is 7.99. The summed E-state index contributed by atoms with van der Waals surface area (Å²) < 4.78 is 1.84. The van der Waals surface area contributed by atoms with Gasteiger partial charge in [-0.3, -0.25) is 4.79 Å². The van der Waals surface area contributed by atoms with E-state index in [-0.39, 0.29) is 5.91 Å². The first kappa shape index (κ1) is 14.3. The fourth-order valence-electron chi connectivity index (χ4n) is 1.58. The molecule has 0 atom stereocenters. The Bertz CT molecular complexity index is 591. The summed E-state index contributed by atoms with van der Waals surface area (Å²) in [5.74, 6) is 0.232. The number of benzene rings is 1. The van der Waals surface area contributed by atoms with E-state index in [4.69, 9.17) is 0 Å². The minimum atomic E-state index is -0.0630. The molecule has 0 saturated heterocycles. The van der Waals surface area contributed by atoms with Gasteiger partial charge in [-0.25, -0.2) is 0 Å². The monoisotopic (exact) mass is 288 g/mol. The molecular formula is C14H16N4OS. The second-order valence-electron chi connectivity index (χ2n) is 4.26. The number of rotatable bonds is 6. The smallest absolute Gasteiger partial charge is 0.234 e. The van der Waals surface area contributed by atoms with E-state index in [1.165, 1.54) is 11.8 Å². The topological polar surface area (TPSA) is 59.8 Å². The molecule has 0 radical (unpaired) electrons. The fourth-order valence-corrected chi connectivity index (χ4v) is 2.31. The van der Waals surface area contributed by atoms with Crippen LogP contribution in [0.25, 0.3) is 0 Å². The number of aromatic nitrogens is 3. The summed E-state index contributed by atoms with van der Waals surface area (Å²) in [5, 5.41) is 11.4. The number of hydrogen-bond acceptors (Lipinski definition) is 4. The van der Waals surface area contributed by atoms with Crippen molar-refractivity contribution in [3.63, 3.8) is 0 Å². The van der Waals surface area contributed by atoms with Crippen LogP contribution in [-0.4, -0.2) is 26.4 Å². The number of anilines is 1. The van der Waals surface area contributed by atoms with Crippen LogP contribution in [-0.2, 0) is 11.3 Å². The van der Waals surface area contributed by atoms with Gasteiger partial charge < -0.3 is 9.88 Å². The van der Waals surface area contributed by atoms with Gasteiger partial charge in [0, 0.05) is 12.2 Å². The molecule has 6 heteroatoms. The molecule has 1 N–H and O–H groups in total. The summed E-state index contributed by atoms with van der Waals surface area (Å²) in [6.45, 7) is 6.31. The second-order valence-corrected chi connectivity index (χ2v) is 5.20. The van der Waals surface area contributed by atoms with E-state index in [1.807, 2.05) is 35.8 Å². The third-order valence-corrected chi connectivity index (χ3v) is 3.55. The summed E-state index contributed by atoms with van der Waals surface area (Å²) in [4.78, 5) is 11.9. The third kappa shape index (κ3) is 3.96. The van der Waals surface area contributed by atoms with Gasteiger partial charge in [0.1, 0.15) is 6.33 Å². The van der Waals surface area contributed by atoms with Gasteiger partial charge in [-0.2, -0.15) is 0 Å². The van der Waals surface area contributed by atoms with Crippen molar-refractivity contribution in [1.82, 2.24) is 14.8 Å². The lowest BCUT2D eigenvalue weighted by atomic mass is 10.2. The zero-order chi connectivity index (χ0) is 14.4. The van der Waals surface area contributed by atoms with E-state index >= 15 is 0 Å². The molecule has 0 unspecified atom stereocenters. The minimum absolute atomic E-state index is 0.0630. The molecule has 1 aromatic heterocycles. The van der Waals surface area contributed by atoms with Crippen LogP contribution in [0.15, 0.2) is 48.4 Å². The maximum atomic E-state index is 11.9. The zero-order valence-corrected chi connectivity index (χ0v) is 12.1.